The normalized spacial score (nSPS) is 11.0. The molecule has 0 radical (unpaired) electrons. The summed E-state index contributed by atoms with van der Waals surface area (Å²) in [5, 5.41) is 11.4. The fraction of sp³-hybridized carbons (Fsp3) is 0. The summed E-state index contributed by atoms with van der Waals surface area (Å²) in [5.41, 5.74) is 8.82. The molecule has 2 heterocycles. The molecule has 0 atom stereocenters. The average molecular weight is 422 g/mol. The van der Waals surface area contributed by atoms with E-state index in [4.69, 9.17) is 9.68 Å². The van der Waals surface area contributed by atoms with E-state index in [2.05, 4.69) is 83.8 Å². The SMILES string of the molecule is N#Cc1cncc(-c2ccc(-c3ccc4c(c3)oc3cc(-c5ccccc5)ccc34)cc2)c1. The van der Waals surface area contributed by atoms with E-state index in [0.29, 0.717) is 5.56 Å². The van der Waals surface area contributed by atoms with Gasteiger partial charge in [0.15, 0.2) is 0 Å². The molecule has 0 saturated heterocycles. The van der Waals surface area contributed by atoms with Crippen molar-refractivity contribution in [2.45, 2.75) is 0 Å². The highest BCUT2D eigenvalue weighted by Crippen LogP contribution is 2.35. The van der Waals surface area contributed by atoms with E-state index >= 15 is 0 Å². The van der Waals surface area contributed by atoms with Crippen molar-refractivity contribution in [2.24, 2.45) is 0 Å². The number of nitrogens with zero attached hydrogens (tertiary/aromatic N) is 2. The molecular weight excluding hydrogens is 404 g/mol. The number of fused-ring (bicyclic) bond motifs is 3. The third-order valence-corrected chi connectivity index (χ3v) is 6.00. The van der Waals surface area contributed by atoms with Gasteiger partial charge in [-0.2, -0.15) is 5.26 Å². The van der Waals surface area contributed by atoms with Crippen molar-refractivity contribution in [2.75, 3.05) is 0 Å². The van der Waals surface area contributed by atoms with Gasteiger partial charge in [-0.25, -0.2) is 0 Å². The van der Waals surface area contributed by atoms with Crippen LogP contribution >= 0.6 is 0 Å². The monoisotopic (exact) mass is 422 g/mol. The van der Waals surface area contributed by atoms with Crippen molar-refractivity contribution < 1.29 is 4.42 Å². The summed E-state index contributed by atoms with van der Waals surface area (Å²) in [6.07, 6.45) is 3.35. The Kier molecular flexibility index (Phi) is 4.49. The Morgan fingerprint density at radius 3 is 1.70 bits per heavy atom. The number of aromatic nitrogens is 1. The molecule has 3 heteroatoms. The molecule has 33 heavy (non-hydrogen) atoms. The maximum atomic E-state index is 9.11. The second kappa shape index (κ2) is 7.78. The van der Waals surface area contributed by atoms with Gasteiger partial charge in [0, 0.05) is 28.7 Å². The Balaban J connectivity index is 1.37. The lowest BCUT2D eigenvalue weighted by Crippen LogP contribution is -1.84. The van der Waals surface area contributed by atoms with Gasteiger partial charge in [-0.3, -0.25) is 4.98 Å². The van der Waals surface area contributed by atoms with Crippen LogP contribution in [0, 0.1) is 11.3 Å². The first kappa shape index (κ1) is 19.0. The third-order valence-electron chi connectivity index (χ3n) is 6.00. The Morgan fingerprint density at radius 2 is 1.09 bits per heavy atom. The maximum Gasteiger partial charge on any atom is 0.136 e. The van der Waals surface area contributed by atoms with E-state index < -0.39 is 0 Å². The lowest BCUT2D eigenvalue weighted by molar-refractivity contribution is 0.669. The van der Waals surface area contributed by atoms with Crippen LogP contribution in [-0.2, 0) is 0 Å². The Bertz CT molecular complexity index is 1660. The van der Waals surface area contributed by atoms with Gasteiger partial charge in [0.05, 0.1) is 5.56 Å². The summed E-state index contributed by atoms with van der Waals surface area (Å²) in [5.74, 6) is 0. The maximum absolute atomic E-state index is 9.11. The topological polar surface area (TPSA) is 49.8 Å². The molecule has 3 nitrogen and oxygen atoms in total. The van der Waals surface area contributed by atoms with Gasteiger partial charge < -0.3 is 4.42 Å². The van der Waals surface area contributed by atoms with Gasteiger partial charge in [0.1, 0.15) is 17.2 Å². The summed E-state index contributed by atoms with van der Waals surface area (Å²) in [6, 6.07) is 35.4. The molecule has 0 saturated carbocycles. The van der Waals surface area contributed by atoms with Crippen molar-refractivity contribution in [1.29, 1.82) is 5.26 Å². The highest BCUT2D eigenvalue weighted by Gasteiger charge is 2.10. The van der Waals surface area contributed by atoms with Gasteiger partial charge >= 0.3 is 0 Å². The molecule has 0 aliphatic carbocycles. The van der Waals surface area contributed by atoms with Gasteiger partial charge in [-0.15, -0.1) is 0 Å². The Morgan fingerprint density at radius 1 is 0.545 bits per heavy atom. The molecule has 154 valence electrons. The standard InChI is InChI=1S/C30H18N2O/c31-17-20-14-26(19-32-18-20)23-8-6-22(7-9-23)25-11-13-28-27-12-10-24(21-4-2-1-3-5-21)15-29(27)33-30(28)16-25/h1-16,18-19H. The van der Waals surface area contributed by atoms with Crippen LogP contribution in [0.5, 0.6) is 0 Å². The van der Waals surface area contributed by atoms with Crippen LogP contribution < -0.4 is 0 Å². The van der Waals surface area contributed by atoms with Crippen LogP contribution in [0.1, 0.15) is 5.56 Å². The lowest BCUT2D eigenvalue weighted by atomic mass is 9.99. The number of rotatable bonds is 3. The van der Waals surface area contributed by atoms with E-state index in [1.54, 1.807) is 12.4 Å². The molecule has 6 rings (SSSR count). The molecule has 0 unspecified atom stereocenters. The molecule has 4 aromatic carbocycles. The van der Waals surface area contributed by atoms with Gasteiger partial charge in [0.25, 0.3) is 0 Å². The highest BCUT2D eigenvalue weighted by atomic mass is 16.3. The minimum atomic E-state index is 0.558. The molecular formula is C30H18N2O. The first-order valence-corrected chi connectivity index (χ1v) is 10.8. The summed E-state index contributed by atoms with van der Waals surface area (Å²) in [6.45, 7) is 0. The Hall–Kier alpha value is -4.68. The zero-order valence-corrected chi connectivity index (χ0v) is 17.7. The van der Waals surface area contributed by atoms with Gasteiger partial charge in [0.2, 0.25) is 0 Å². The second-order valence-corrected chi connectivity index (χ2v) is 8.04. The zero-order valence-electron chi connectivity index (χ0n) is 17.7. The predicted octanol–water partition coefficient (Wildman–Crippen LogP) is 7.85. The van der Waals surface area contributed by atoms with Crippen molar-refractivity contribution in [1.82, 2.24) is 4.98 Å². The number of pyridine rings is 1. The highest BCUT2D eigenvalue weighted by molar-refractivity contribution is 6.06. The number of nitriles is 1. The smallest absolute Gasteiger partial charge is 0.136 e. The first-order chi connectivity index (χ1) is 16.3. The van der Waals surface area contributed by atoms with Crippen LogP contribution in [-0.4, -0.2) is 4.98 Å². The van der Waals surface area contributed by atoms with Crippen LogP contribution in [0.3, 0.4) is 0 Å². The molecule has 6 aromatic rings. The van der Waals surface area contributed by atoms with E-state index in [1.165, 1.54) is 5.56 Å². The molecule has 0 spiro atoms. The zero-order chi connectivity index (χ0) is 22.2. The van der Waals surface area contributed by atoms with Crippen LogP contribution in [0.2, 0.25) is 0 Å². The van der Waals surface area contributed by atoms with E-state index in [-0.39, 0.29) is 0 Å². The minimum Gasteiger partial charge on any atom is -0.456 e. The molecule has 0 N–H and O–H groups in total. The molecule has 0 aliphatic rings. The summed E-state index contributed by atoms with van der Waals surface area (Å²) < 4.78 is 6.26. The number of benzene rings is 4. The first-order valence-electron chi connectivity index (χ1n) is 10.8. The molecule has 0 fully saturated rings. The number of hydrogen-bond acceptors (Lipinski definition) is 3. The van der Waals surface area contributed by atoms with Crippen LogP contribution in [0.25, 0.3) is 55.3 Å². The fourth-order valence-corrected chi connectivity index (χ4v) is 4.28. The van der Waals surface area contributed by atoms with E-state index in [1.807, 2.05) is 24.3 Å². The molecule has 0 amide bonds. The van der Waals surface area contributed by atoms with E-state index in [0.717, 1.165) is 49.8 Å². The largest absolute Gasteiger partial charge is 0.456 e. The molecule has 2 aromatic heterocycles. The van der Waals surface area contributed by atoms with Crippen molar-refractivity contribution in [3.8, 4) is 39.4 Å². The second-order valence-electron chi connectivity index (χ2n) is 8.04. The van der Waals surface area contributed by atoms with E-state index in [9.17, 15) is 0 Å². The van der Waals surface area contributed by atoms with Crippen molar-refractivity contribution in [3.05, 3.63) is 115 Å². The van der Waals surface area contributed by atoms with Gasteiger partial charge in [-0.1, -0.05) is 66.7 Å². The molecule has 0 bridgehead atoms. The van der Waals surface area contributed by atoms with Crippen molar-refractivity contribution in [3.63, 3.8) is 0 Å². The summed E-state index contributed by atoms with van der Waals surface area (Å²) in [4.78, 5) is 4.16. The van der Waals surface area contributed by atoms with Crippen LogP contribution in [0.4, 0.5) is 0 Å². The predicted molar refractivity (Wildman–Crippen MR) is 133 cm³/mol. The quantitative estimate of drug-likeness (QED) is 0.292. The fourth-order valence-electron chi connectivity index (χ4n) is 4.28. The van der Waals surface area contributed by atoms with Crippen molar-refractivity contribution >= 4 is 21.9 Å². The number of hydrogen-bond donors (Lipinski definition) is 0. The van der Waals surface area contributed by atoms with Gasteiger partial charge in [-0.05, 0) is 58.1 Å². The van der Waals surface area contributed by atoms with Crippen LogP contribution in [0.15, 0.2) is 114 Å². The Labute approximate surface area is 191 Å². The minimum absolute atomic E-state index is 0.558. The average Bonchev–Trinajstić information content (AvgIpc) is 3.26. The summed E-state index contributed by atoms with van der Waals surface area (Å²) in [7, 11) is 0. The third kappa shape index (κ3) is 3.44. The number of furan rings is 1. The summed E-state index contributed by atoms with van der Waals surface area (Å²) >= 11 is 0. The lowest BCUT2D eigenvalue weighted by Gasteiger charge is -2.05. The molecule has 0 aliphatic heterocycles.